The molecule has 18 heavy (non-hydrogen) atoms. The van der Waals surface area contributed by atoms with Gasteiger partial charge in [-0.25, -0.2) is 4.98 Å². The molecule has 0 saturated heterocycles. The number of para-hydroxylation sites is 1. The molecule has 0 bridgehead atoms. The van der Waals surface area contributed by atoms with Crippen molar-refractivity contribution in [1.29, 1.82) is 0 Å². The van der Waals surface area contributed by atoms with Crippen molar-refractivity contribution in [3.05, 3.63) is 23.8 Å². The lowest BCUT2D eigenvalue weighted by Gasteiger charge is -2.13. The monoisotopic (exact) mass is 260 g/mol. The van der Waals surface area contributed by atoms with E-state index in [2.05, 4.69) is 37.4 Å². The van der Waals surface area contributed by atoms with Crippen LogP contribution in [0.2, 0.25) is 0 Å². The Labute approximate surface area is 112 Å². The second-order valence-corrected chi connectivity index (χ2v) is 6.57. The third kappa shape index (κ3) is 2.24. The summed E-state index contributed by atoms with van der Waals surface area (Å²) >= 11 is 1.78. The van der Waals surface area contributed by atoms with Gasteiger partial charge in [-0.3, -0.25) is 0 Å². The number of aromatic nitrogens is 1. The maximum atomic E-state index is 4.71. The molecule has 0 radical (unpaired) electrons. The van der Waals surface area contributed by atoms with Crippen LogP contribution in [0.3, 0.4) is 0 Å². The summed E-state index contributed by atoms with van der Waals surface area (Å²) in [5.41, 5.74) is 3.01. The Kier molecular flexibility index (Phi) is 3.02. The first-order chi connectivity index (χ1) is 8.72. The Hall–Kier alpha value is -1.09. The lowest BCUT2D eigenvalue weighted by molar-refractivity contribution is 0.485. The van der Waals surface area contributed by atoms with Crippen LogP contribution in [0.1, 0.15) is 38.2 Å². The number of hydrogen-bond acceptors (Lipinski definition) is 3. The van der Waals surface area contributed by atoms with Crippen LogP contribution in [-0.2, 0) is 0 Å². The van der Waals surface area contributed by atoms with E-state index in [-0.39, 0.29) is 0 Å². The molecule has 2 aromatic rings. The van der Waals surface area contributed by atoms with E-state index in [0.29, 0.717) is 5.41 Å². The van der Waals surface area contributed by atoms with Gasteiger partial charge in [0, 0.05) is 6.54 Å². The molecule has 96 valence electrons. The Morgan fingerprint density at radius 1 is 1.39 bits per heavy atom. The molecule has 3 heteroatoms. The topological polar surface area (TPSA) is 24.9 Å². The van der Waals surface area contributed by atoms with Crippen molar-refractivity contribution in [2.75, 3.05) is 11.9 Å². The molecule has 1 fully saturated rings. The first-order valence-electron chi connectivity index (χ1n) is 6.82. The molecular weight excluding hydrogens is 240 g/mol. The maximum absolute atomic E-state index is 4.71. The highest BCUT2D eigenvalue weighted by Crippen LogP contribution is 2.49. The zero-order valence-electron chi connectivity index (χ0n) is 11.1. The van der Waals surface area contributed by atoms with Gasteiger partial charge < -0.3 is 5.32 Å². The minimum atomic E-state index is 0.585. The summed E-state index contributed by atoms with van der Waals surface area (Å²) < 4.78 is 1.29. The Balaban J connectivity index is 1.73. The molecule has 1 aromatic carbocycles. The Morgan fingerprint density at radius 2 is 2.22 bits per heavy atom. The fourth-order valence-corrected chi connectivity index (χ4v) is 3.59. The summed E-state index contributed by atoms with van der Waals surface area (Å²) in [4.78, 5) is 4.71. The number of nitrogens with one attached hydrogen (secondary N) is 1. The number of anilines is 1. The predicted octanol–water partition coefficient (Wildman–Crippen LogP) is 4.60. The van der Waals surface area contributed by atoms with Gasteiger partial charge in [0.15, 0.2) is 5.13 Å². The van der Waals surface area contributed by atoms with Gasteiger partial charge in [0.05, 0.1) is 10.2 Å². The minimum Gasteiger partial charge on any atom is -0.361 e. The fourth-order valence-electron chi connectivity index (χ4n) is 2.65. The number of aryl methyl sites for hydroxylation is 1. The first-order valence-corrected chi connectivity index (χ1v) is 7.64. The van der Waals surface area contributed by atoms with Gasteiger partial charge in [-0.1, -0.05) is 36.8 Å². The maximum Gasteiger partial charge on any atom is 0.183 e. The summed E-state index contributed by atoms with van der Waals surface area (Å²) in [6, 6.07) is 6.40. The van der Waals surface area contributed by atoms with Crippen LogP contribution in [-0.4, -0.2) is 11.5 Å². The van der Waals surface area contributed by atoms with E-state index < -0.39 is 0 Å². The van der Waals surface area contributed by atoms with E-state index >= 15 is 0 Å². The molecule has 1 saturated carbocycles. The summed E-state index contributed by atoms with van der Waals surface area (Å²) in [6.45, 7) is 5.51. The third-order valence-corrected chi connectivity index (χ3v) is 4.95. The number of hydrogen-bond donors (Lipinski definition) is 1. The van der Waals surface area contributed by atoms with Crippen molar-refractivity contribution in [3.8, 4) is 0 Å². The summed E-state index contributed by atoms with van der Waals surface area (Å²) in [5, 5.41) is 4.64. The van der Waals surface area contributed by atoms with E-state index in [1.807, 2.05) is 0 Å². The molecule has 1 aliphatic carbocycles. The van der Waals surface area contributed by atoms with E-state index in [1.54, 1.807) is 11.3 Å². The summed E-state index contributed by atoms with van der Waals surface area (Å²) in [7, 11) is 0. The van der Waals surface area contributed by atoms with Crippen LogP contribution in [0, 0.1) is 12.3 Å². The lowest BCUT2D eigenvalue weighted by atomic mass is 10.0. The van der Waals surface area contributed by atoms with Crippen LogP contribution in [0.15, 0.2) is 18.2 Å². The molecular formula is C15H20N2S. The van der Waals surface area contributed by atoms with Crippen LogP contribution >= 0.6 is 11.3 Å². The van der Waals surface area contributed by atoms with E-state index in [4.69, 9.17) is 4.98 Å². The predicted molar refractivity (Wildman–Crippen MR) is 79.4 cm³/mol. The van der Waals surface area contributed by atoms with Gasteiger partial charge in [-0.05, 0) is 43.2 Å². The number of benzene rings is 1. The zero-order valence-corrected chi connectivity index (χ0v) is 11.9. The number of rotatable bonds is 5. The van der Waals surface area contributed by atoms with Gasteiger partial charge in [0.25, 0.3) is 0 Å². The standard InChI is InChI=1S/C15H20N2S/c1-3-7-15(8-9-15)10-16-14-17-13-11(2)5-4-6-12(13)18-14/h4-6H,3,7-10H2,1-2H3,(H,16,17). The normalized spacial score (nSPS) is 17.0. The van der Waals surface area contributed by atoms with Crippen molar-refractivity contribution in [3.63, 3.8) is 0 Å². The molecule has 0 amide bonds. The van der Waals surface area contributed by atoms with Crippen molar-refractivity contribution >= 4 is 26.7 Å². The number of nitrogens with zero attached hydrogens (tertiary/aromatic N) is 1. The highest BCUT2D eigenvalue weighted by atomic mass is 32.1. The smallest absolute Gasteiger partial charge is 0.183 e. The second kappa shape index (κ2) is 4.54. The van der Waals surface area contributed by atoms with Crippen molar-refractivity contribution in [2.24, 2.45) is 5.41 Å². The molecule has 0 atom stereocenters. The van der Waals surface area contributed by atoms with E-state index in [1.165, 1.54) is 35.9 Å². The highest BCUT2D eigenvalue weighted by Gasteiger charge is 2.41. The molecule has 1 aromatic heterocycles. The molecule has 0 aliphatic heterocycles. The van der Waals surface area contributed by atoms with Crippen molar-refractivity contribution in [1.82, 2.24) is 4.98 Å². The van der Waals surface area contributed by atoms with Crippen LogP contribution < -0.4 is 5.32 Å². The van der Waals surface area contributed by atoms with Crippen LogP contribution in [0.4, 0.5) is 5.13 Å². The Morgan fingerprint density at radius 3 is 2.89 bits per heavy atom. The summed E-state index contributed by atoms with van der Waals surface area (Å²) in [5.74, 6) is 0. The van der Waals surface area contributed by atoms with Gasteiger partial charge in [-0.15, -0.1) is 0 Å². The average Bonchev–Trinajstić information content (AvgIpc) is 2.98. The number of thiazole rings is 1. The largest absolute Gasteiger partial charge is 0.361 e. The molecule has 1 N–H and O–H groups in total. The molecule has 3 rings (SSSR count). The van der Waals surface area contributed by atoms with Gasteiger partial charge in [-0.2, -0.15) is 0 Å². The van der Waals surface area contributed by atoms with Gasteiger partial charge in [0.2, 0.25) is 0 Å². The molecule has 0 unspecified atom stereocenters. The lowest BCUT2D eigenvalue weighted by Crippen LogP contribution is -2.14. The van der Waals surface area contributed by atoms with E-state index in [9.17, 15) is 0 Å². The Bertz CT molecular complexity index is 555. The van der Waals surface area contributed by atoms with Crippen molar-refractivity contribution in [2.45, 2.75) is 39.5 Å². The molecule has 0 spiro atoms. The molecule has 1 heterocycles. The van der Waals surface area contributed by atoms with Gasteiger partial charge in [0.1, 0.15) is 0 Å². The summed E-state index contributed by atoms with van der Waals surface area (Å²) in [6.07, 6.45) is 5.42. The second-order valence-electron chi connectivity index (χ2n) is 5.54. The zero-order chi connectivity index (χ0) is 12.6. The first kappa shape index (κ1) is 12.0. The quantitative estimate of drug-likeness (QED) is 0.850. The van der Waals surface area contributed by atoms with Crippen LogP contribution in [0.5, 0.6) is 0 Å². The van der Waals surface area contributed by atoms with Crippen LogP contribution in [0.25, 0.3) is 10.2 Å². The minimum absolute atomic E-state index is 0.585. The third-order valence-electron chi connectivity index (χ3n) is 3.97. The van der Waals surface area contributed by atoms with Crippen molar-refractivity contribution < 1.29 is 0 Å². The highest BCUT2D eigenvalue weighted by molar-refractivity contribution is 7.22. The van der Waals surface area contributed by atoms with Gasteiger partial charge >= 0.3 is 0 Å². The molecule has 1 aliphatic rings. The SMILES string of the molecule is CCCC1(CNc2nc3c(C)cccc3s2)CC1. The number of fused-ring (bicyclic) bond motifs is 1. The van der Waals surface area contributed by atoms with E-state index in [0.717, 1.165) is 17.2 Å². The molecule has 2 nitrogen and oxygen atoms in total. The fraction of sp³-hybridized carbons (Fsp3) is 0.533. The average molecular weight is 260 g/mol.